The third kappa shape index (κ3) is 3.70. The van der Waals surface area contributed by atoms with Gasteiger partial charge in [-0.2, -0.15) is 0 Å². The minimum absolute atomic E-state index is 0.0481. The SMILES string of the molecule is Cc1cnc(CNC(=O)[C@@H]2C[C@H]3CCN(c4ccccc4)C[C@@H]3O2)cn1. The van der Waals surface area contributed by atoms with E-state index in [4.69, 9.17) is 4.74 Å². The largest absolute Gasteiger partial charge is 0.369 e. The molecule has 2 aromatic rings. The number of nitrogens with zero attached hydrogens (tertiary/aromatic N) is 3. The number of hydrogen-bond acceptors (Lipinski definition) is 5. The van der Waals surface area contributed by atoms with E-state index in [0.717, 1.165) is 37.3 Å². The van der Waals surface area contributed by atoms with E-state index >= 15 is 0 Å². The van der Waals surface area contributed by atoms with Crippen molar-refractivity contribution in [3.63, 3.8) is 0 Å². The molecule has 1 N–H and O–H groups in total. The van der Waals surface area contributed by atoms with Crippen LogP contribution in [-0.4, -0.2) is 41.2 Å². The van der Waals surface area contributed by atoms with Gasteiger partial charge in [-0.05, 0) is 37.8 Å². The standard InChI is InChI=1S/C20H24N4O2/c1-14-10-22-16(11-21-14)12-23-20(25)18-9-15-7-8-24(13-19(15)26-18)17-5-3-2-4-6-17/h2-6,10-11,15,18-19H,7-9,12-13H2,1H3,(H,23,25)/t15-,18+,19+/m1/s1. The van der Waals surface area contributed by atoms with Crippen LogP contribution >= 0.6 is 0 Å². The Balaban J connectivity index is 1.31. The van der Waals surface area contributed by atoms with Gasteiger partial charge in [0.2, 0.25) is 5.91 Å². The highest BCUT2D eigenvalue weighted by atomic mass is 16.5. The zero-order chi connectivity index (χ0) is 17.9. The number of hydrogen-bond donors (Lipinski definition) is 1. The average Bonchev–Trinajstić information content (AvgIpc) is 3.11. The van der Waals surface area contributed by atoms with Gasteiger partial charge < -0.3 is 15.0 Å². The van der Waals surface area contributed by atoms with Crippen LogP contribution in [0, 0.1) is 12.8 Å². The predicted octanol–water partition coefficient (Wildman–Crippen LogP) is 2.09. The lowest BCUT2D eigenvalue weighted by molar-refractivity contribution is -0.132. The summed E-state index contributed by atoms with van der Waals surface area (Å²) in [7, 11) is 0. The summed E-state index contributed by atoms with van der Waals surface area (Å²) in [4.78, 5) is 23.3. The molecule has 26 heavy (non-hydrogen) atoms. The number of benzene rings is 1. The highest BCUT2D eigenvalue weighted by Gasteiger charge is 2.41. The fourth-order valence-electron chi connectivity index (χ4n) is 3.77. The smallest absolute Gasteiger partial charge is 0.249 e. The molecule has 2 aliphatic heterocycles. The lowest BCUT2D eigenvalue weighted by Gasteiger charge is -2.35. The molecule has 1 amide bonds. The molecule has 2 fully saturated rings. The molecule has 1 aromatic carbocycles. The average molecular weight is 352 g/mol. The van der Waals surface area contributed by atoms with Crippen molar-refractivity contribution in [3.05, 3.63) is 54.1 Å². The number of para-hydroxylation sites is 1. The minimum atomic E-state index is -0.362. The molecule has 0 radical (unpaired) electrons. The van der Waals surface area contributed by atoms with E-state index in [1.54, 1.807) is 12.4 Å². The van der Waals surface area contributed by atoms with Crippen molar-refractivity contribution in [1.82, 2.24) is 15.3 Å². The number of fused-ring (bicyclic) bond motifs is 1. The Hall–Kier alpha value is -2.47. The van der Waals surface area contributed by atoms with E-state index < -0.39 is 0 Å². The maximum atomic E-state index is 12.5. The third-order valence-corrected chi connectivity index (χ3v) is 5.24. The van der Waals surface area contributed by atoms with Crippen LogP contribution in [0.3, 0.4) is 0 Å². The van der Waals surface area contributed by atoms with Gasteiger partial charge in [-0.3, -0.25) is 14.8 Å². The molecular weight excluding hydrogens is 328 g/mol. The predicted molar refractivity (Wildman–Crippen MR) is 98.7 cm³/mol. The molecule has 0 bridgehead atoms. The lowest BCUT2D eigenvalue weighted by atomic mass is 9.91. The first-order chi connectivity index (χ1) is 12.7. The van der Waals surface area contributed by atoms with Crippen LogP contribution in [0.1, 0.15) is 24.2 Å². The van der Waals surface area contributed by atoms with Crippen molar-refractivity contribution in [2.75, 3.05) is 18.0 Å². The van der Waals surface area contributed by atoms with Crippen LogP contribution in [0.4, 0.5) is 5.69 Å². The molecule has 6 nitrogen and oxygen atoms in total. The van der Waals surface area contributed by atoms with Crippen molar-refractivity contribution in [2.24, 2.45) is 5.92 Å². The molecule has 6 heteroatoms. The number of nitrogens with one attached hydrogen (secondary N) is 1. The number of carbonyl (C=O) groups is 1. The van der Waals surface area contributed by atoms with Gasteiger partial charge in [0.1, 0.15) is 6.10 Å². The maximum absolute atomic E-state index is 12.5. The first-order valence-corrected chi connectivity index (χ1v) is 9.20. The number of carbonyl (C=O) groups excluding carboxylic acids is 1. The molecule has 3 atom stereocenters. The molecule has 4 rings (SSSR count). The van der Waals surface area contributed by atoms with Crippen LogP contribution in [0.5, 0.6) is 0 Å². The van der Waals surface area contributed by atoms with Gasteiger partial charge in [-0.15, -0.1) is 0 Å². The Kier molecular flexibility index (Phi) is 4.84. The lowest BCUT2D eigenvalue weighted by Crippen LogP contribution is -2.42. The Bertz CT molecular complexity index is 750. The van der Waals surface area contributed by atoms with Gasteiger partial charge in [0.25, 0.3) is 0 Å². The van der Waals surface area contributed by atoms with Crippen LogP contribution < -0.4 is 10.2 Å². The van der Waals surface area contributed by atoms with E-state index in [1.807, 2.05) is 13.0 Å². The summed E-state index contributed by atoms with van der Waals surface area (Å²) in [5, 5.41) is 2.93. The van der Waals surface area contributed by atoms with Crippen LogP contribution in [0.25, 0.3) is 0 Å². The number of anilines is 1. The molecule has 0 saturated carbocycles. The highest BCUT2D eigenvalue weighted by Crippen LogP contribution is 2.34. The third-order valence-electron chi connectivity index (χ3n) is 5.24. The Morgan fingerprint density at radius 3 is 2.88 bits per heavy atom. The molecule has 0 unspecified atom stereocenters. The monoisotopic (exact) mass is 352 g/mol. The van der Waals surface area contributed by atoms with E-state index in [2.05, 4.69) is 44.5 Å². The number of aryl methyl sites for hydroxylation is 1. The molecule has 2 saturated heterocycles. The van der Waals surface area contributed by atoms with Crippen LogP contribution in [0.15, 0.2) is 42.7 Å². The molecule has 2 aliphatic rings. The summed E-state index contributed by atoms with van der Waals surface area (Å²) in [6.07, 6.45) is 5.03. The minimum Gasteiger partial charge on any atom is -0.369 e. The Morgan fingerprint density at radius 2 is 2.12 bits per heavy atom. The van der Waals surface area contributed by atoms with Gasteiger partial charge >= 0.3 is 0 Å². The summed E-state index contributed by atoms with van der Waals surface area (Å²) < 4.78 is 6.10. The first kappa shape index (κ1) is 17.0. The second-order valence-corrected chi connectivity index (χ2v) is 7.10. The van der Waals surface area contributed by atoms with Crippen LogP contribution in [0.2, 0.25) is 0 Å². The normalized spacial score (nSPS) is 25.0. The maximum Gasteiger partial charge on any atom is 0.249 e. The van der Waals surface area contributed by atoms with Gasteiger partial charge in [0.05, 0.1) is 30.2 Å². The number of aromatic nitrogens is 2. The first-order valence-electron chi connectivity index (χ1n) is 9.20. The quantitative estimate of drug-likeness (QED) is 0.913. The molecule has 3 heterocycles. The molecule has 0 spiro atoms. The van der Waals surface area contributed by atoms with Gasteiger partial charge in [0, 0.05) is 25.0 Å². The zero-order valence-corrected chi connectivity index (χ0v) is 15.0. The van der Waals surface area contributed by atoms with Crippen molar-refractivity contribution in [2.45, 2.75) is 38.5 Å². The van der Waals surface area contributed by atoms with Gasteiger partial charge in [-0.25, -0.2) is 0 Å². The second-order valence-electron chi connectivity index (χ2n) is 7.10. The van der Waals surface area contributed by atoms with E-state index in [9.17, 15) is 4.79 Å². The zero-order valence-electron chi connectivity index (χ0n) is 15.0. The Morgan fingerprint density at radius 1 is 1.27 bits per heavy atom. The Labute approximate surface area is 153 Å². The fourth-order valence-corrected chi connectivity index (χ4v) is 3.77. The van der Waals surface area contributed by atoms with Crippen molar-refractivity contribution >= 4 is 11.6 Å². The molecule has 136 valence electrons. The van der Waals surface area contributed by atoms with Crippen molar-refractivity contribution < 1.29 is 9.53 Å². The topological polar surface area (TPSA) is 67.4 Å². The number of amides is 1. The fraction of sp³-hybridized carbons (Fsp3) is 0.450. The summed E-state index contributed by atoms with van der Waals surface area (Å²) in [6, 6.07) is 10.4. The van der Waals surface area contributed by atoms with Gasteiger partial charge in [0.15, 0.2) is 0 Å². The molecular formula is C20H24N4O2. The van der Waals surface area contributed by atoms with Crippen LogP contribution in [-0.2, 0) is 16.1 Å². The number of piperidine rings is 1. The van der Waals surface area contributed by atoms with Gasteiger partial charge in [-0.1, -0.05) is 18.2 Å². The van der Waals surface area contributed by atoms with Crippen molar-refractivity contribution in [1.29, 1.82) is 0 Å². The highest BCUT2D eigenvalue weighted by molar-refractivity contribution is 5.81. The molecule has 0 aliphatic carbocycles. The van der Waals surface area contributed by atoms with E-state index in [1.165, 1.54) is 5.69 Å². The summed E-state index contributed by atoms with van der Waals surface area (Å²) >= 11 is 0. The van der Waals surface area contributed by atoms with Crippen molar-refractivity contribution in [3.8, 4) is 0 Å². The summed E-state index contributed by atoms with van der Waals surface area (Å²) in [6.45, 7) is 4.14. The van der Waals surface area contributed by atoms with E-state index in [0.29, 0.717) is 12.5 Å². The molecule has 1 aromatic heterocycles. The summed E-state index contributed by atoms with van der Waals surface area (Å²) in [5.74, 6) is 0.415. The second kappa shape index (κ2) is 7.41. The number of rotatable bonds is 4. The van der Waals surface area contributed by atoms with E-state index in [-0.39, 0.29) is 18.1 Å². The summed E-state index contributed by atoms with van der Waals surface area (Å²) in [5.41, 5.74) is 2.85. The number of ether oxygens (including phenoxy) is 1.